The normalized spacial score (nSPS) is 11.4. The Morgan fingerprint density at radius 1 is 1.22 bits per heavy atom. The van der Waals surface area contributed by atoms with E-state index >= 15 is 0 Å². The van der Waals surface area contributed by atoms with Crippen molar-refractivity contribution in [1.82, 2.24) is 10.2 Å². The summed E-state index contributed by atoms with van der Waals surface area (Å²) in [5, 5.41) is 14.4. The standard InChI is InChI=1S/C21H23Cl2N3O6/c1-4-17(21(28)24-2)25(11-13-5-6-14(22)9-16(13)23)20(27)12-32-15-7-8-18(26(29)30)19(10-15)31-3/h5-10,17H,4,11-12H2,1-3H3,(H,24,28)/t17-/m0/s1. The average Bonchev–Trinajstić information content (AvgIpc) is 2.77. The number of halogens is 2. The molecule has 0 radical (unpaired) electrons. The van der Waals surface area contributed by atoms with E-state index in [-0.39, 0.29) is 29.6 Å². The third-order valence-corrected chi connectivity index (χ3v) is 5.29. The van der Waals surface area contributed by atoms with Crippen LogP contribution in [0.25, 0.3) is 0 Å². The molecule has 0 aliphatic carbocycles. The number of nitrogens with zero attached hydrogens (tertiary/aromatic N) is 2. The van der Waals surface area contributed by atoms with Crippen LogP contribution < -0.4 is 14.8 Å². The first-order chi connectivity index (χ1) is 15.2. The average molecular weight is 484 g/mol. The van der Waals surface area contributed by atoms with Gasteiger partial charge in [-0.15, -0.1) is 0 Å². The SMILES string of the molecule is CC[C@@H](C(=O)NC)N(Cc1ccc(Cl)cc1Cl)C(=O)COc1ccc([N+](=O)[O-])c(OC)c1. The topological polar surface area (TPSA) is 111 Å². The molecule has 2 rings (SSSR count). The van der Waals surface area contributed by atoms with Crippen LogP contribution in [0.5, 0.6) is 11.5 Å². The summed E-state index contributed by atoms with van der Waals surface area (Å²) in [5.74, 6) is -0.591. The number of likely N-dealkylation sites (N-methyl/N-ethyl adjacent to an activating group) is 1. The Balaban J connectivity index is 2.25. The van der Waals surface area contributed by atoms with Crippen molar-refractivity contribution in [1.29, 1.82) is 0 Å². The van der Waals surface area contributed by atoms with Gasteiger partial charge in [-0.2, -0.15) is 0 Å². The Morgan fingerprint density at radius 3 is 2.50 bits per heavy atom. The van der Waals surface area contributed by atoms with E-state index in [4.69, 9.17) is 32.7 Å². The molecule has 0 unspecified atom stereocenters. The molecule has 0 bridgehead atoms. The first-order valence-electron chi connectivity index (χ1n) is 9.62. The van der Waals surface area contributed by atoms with Crippen molar-refractivity contribution in [3.63, 3.8) is 0 Å². The quantitative estimate of drug-likeness (QED) is 0.405. The van der Waals surface area contributed by atoms with Crippen molar-refractivity contribution in [2.45, 2.75) is 25.9 Å². The van der Waals surface area contributed by atoms with Gasteiger partial charge in [-0.1, -0.05) is 36.2 Å². The summed E-state index contributed by atoms with van der Waals surface area (Å²) in [6, 6.07) is 8.04. The second kappa shape index (κ2) is 11.5. The molecule has 2 amide bonds. The molecule has 2 aromatic rings. The number of carbonyl (C=O) groups excluding carboxylic acids is 2. The molecule has 0 saturated carbocycles. The number of benzene rings is 2. The Bertz CT molecular complexity index is 1000. The van der Waals surface area contributed by atoms with Gasteiger partial charge in [0.25, 0.3) is 5.91 Å². The van der Waals surface area contributed by atoms with Crippen molar-refractivity contribution in [3.8, 4) is 11.5 Å². The zero-order valence-corrected chi connectivity index (χ0v) is 19.3. The second-order valence-electron chi connectivity index (χ2n) is 6.68. The molecule has 2 aromatic carbocycles. The van der Waals surface area contributed by atoms with Gasteiger partial charge in [-0.3, -0.25) is 19.7 Å². The Morgan fingerprint density at radius 2 is 1.94 bits per heavy atom. The maximum atomic E-state index is 13.1. The van der Waals surface area contributed by atoms with Crippen LogP contribution in [-0.2, 0) is 16.1 Å². The van der Waals surface area contributed by atoms with E-state index in [1.807, 2.05) is 0 Å². The predicted octanol–water partition coefficient (Wildman–Crippen LogP) is 3.84. The van der Waals surface area contributed by atoms with Gasteiger partial charge in [-0.05, 0) is 30.2 Å². The van der Waals surface area contributed by atoms with E-state index < -0.39 is 23.5 Å². The fraction of sp³-hybridized carbons (Fsp3) is 0.333. The number of carbonyl (C=O) groups is 2. The van der Waals surface area contributed by atoms with Crippen LogP contribution in [0.15, 0.2) is 36.4 Å². The lowest BCUT2D eigenvalue weighted by Gasteiger charge is -2.30. The van der Waals surface area contributed by atoms with E-state index in [2.05, 4.69) is 5.32 Å². The van der Waals surface area contributed by atoms with Crippen LogP contribution in [0, 0.1) is 10.1 Å². The van der Waals surface area contributed by atoms with E-state index in [1.54, 1.807) is 25.1 Å². The van der Waals surface area contributed by atoms with Gasteiger partial charge in [0.15, 0.2) is 6.61 Å². The summed E-state index contributed by atoms with van der Waals surface area (Å²) in [7, 11) is 2.78. The molecular weight excluding hydrogens is 461 g/mol. The summed E-state index contributed by atoms with van der Waals surface area (Å²) < 4.78 is 10.6. The fourth-order valence-corrected chi connectivity index (χ4v) is 3.51. The number of methoxy groups -OCH3 is 1. The lowest BCUT2D eigenvalue weighted by Crippen LogP contribution is -2.49. The molecule has 0 spiro atoms. The Labute approximate surface area is 195 Å². The highest BCUT2D eigenvalue weighted by Gasteiger charge is 2.29. The highest BCUT2D eigenvalue weighted by atomic mass is 35.5. The van der Waals surface area contributed by atoms with Crippen LogP contribution in [0.1, 0.15) is 18.9 Å². The van der Waals surface area contributed by atoms with E-state index in [0.29, 0.717) is 22.0 Å². The van der Waals surface area contributed by atoms with E-state index in [1.165, 1.54) is 37.3 Å². The monoisotopic (exact) mass is 483 g/mol. The summed E-state index contributed by atoms with van der Waals surface area (Å²) in [6.45, 7) is 1.44. The van der Waals surface area contributed by atoms with Crippen molar-refractivity contribution >= 4 is 40.7 Å². The smallest absolute Gasteiger partial charge is 0.311 e. The number of hydrogen-bond acceptors (Lipinski definition) is 6. The first kappa shape index (κ1) is 25.2. The molecule has 0 aromatic heterocycles. The highest BCUT2D eigenvalue weighted by molar-refractivity contribution is 6.35. The maximum Gasteiger partial charge on any atom is 0.311 e. The van der Waals surface area contributed by atoms with Crippen LogP contribution in [0.3, 0.4) is 0 Å². The van der Waals surface area contributed by atoms with Crippen LogP contribution in [0.2, 0.25) is 10.0 Å². The molecule has 0 aliphatic rings. The number of rotatable bonds is 10. The Hall–Kier alpha value is -3.04. The maximum absolute atomic E-state index is 13.1. The van der Waals surface area contributed by atoms with Crippen LogP contribution in [-0.4, -0.2) is 48.4 Å². The molecule has 0 saturated heterocycles. The van der Waals surface area contributed by atoms with Gasteiger partial charge in [-0.25, -0.2) is 0 Å². The van der Waals surface area contributed by atoms with Crippen molar-refractivity contribution in [3.05, 3.63) is 62.1 Å². The minimum atomic E-state index is -0.755. The molecule has 32 heavy (non-hydrogen) atoms. The number of amides is 2. The highest BCUT2D eigenvalue weighted by Crippen LogP contribution is 2.31. The molecule has 0 heterocycles. The second-order valence-corrected chi connectivity index (χ2v) is 7.52. The third-order valence-electron chi connectivity index (χ3n) is 4.70. The lowest BCUT2D eigenvalue weighted by molar-refractivity contribution is -0.385. The van der Waals surface area contributed by atoms with Crippen LogP contribution in [0.4, 0.5) is 5.69 Å². The number of hydrogen-bond donors (Lipinski definition) is 1. The van der Waals surface area contributed by atoms with E-state index in [0.717, 1.165) is 0 Å². The predicted molar refractivity (Wildman–Crippen MR) is 120 cm³/mol. The summed E-state index contributed by atoms with van der Waals surface area (Å²) in [5.41, 5.74) is 0.389. The fourth-order valence-electron chi connectivity index (χ4n) is 3.05. The molecule has 9 nitrogen and oxygen atoms in total. The summed E-state index contributed by atoms with van der Waals surface area (Å²) in [4.78, 5) is 37.3. The van der Waals surface area contributed by atoms with Gasteiger partial charge < -0.3 is 19.7 Å². The molecular formula is C21H23Cl2N3O6. The molecule has 11 heteroatoms. The zero-order valence-electron chi connectivity index (χ0n) is 17.8. The van der Waals surface area contributed by atoms with Crippen molar-refractivity contribution in [2.75, 3.05) is 20.8 Å². The largest absolute Gasteiger partial charge is 0.490 e. The van der Waals surface area contributed by atoms with Crippen molar-refractivity contribution < 1.29 is 24.0 Å². The number of nitro benzene ring substituents is 1. The van der Waals surface area contributed by atoms with Gasteiger partial charge in [0.1, 0.15) is 11.8 Å². The first-order valence-corrected chi connectivity index (χ1v) is 10.4. The van der Waals surface area contributed by atoms with Gasteiger partial charge in [0, 0.05) is 35.8 Å². The molecule has 0 fully saturated rings. The third kappa shape index (κ3) is 6.24. The molecule has 1 atom stereocenters. The van der Waals surface area contributed by atoms with Crippen molar-refractivity contribution in [2.24, 2.45) is 0 Å². The lowest BCUT2D eigenvalue weighted by atomic mass is 10.1. The van der Waals surface area contributed by atoms with Gasteiger partial charge >= 0.3 is 5.69 Å². The summed E-state index contributed by atoms with van der Waals surface area (Å²) in [6.07, 6.45) is 0.363. The zero-order chi connectivity index (χ0) is 23.8. The minimum absolute atomic E-state index is 0.00143. The van der Waals surface area contributed by atoms with Gasteiger partial charge in [0.2, 0.25) is 11.7 Å². The summed E-state index contributed by atoms with van der Waals surface area (Å²) >= 11 is 12.2. The van der Waals surface area contributed by atoms with Gasteiger partial charge in [0.05, 0.1) is 12.0 Å². The van der Waals surface area contributed by atoms with Crippen LogP contribution >= 0.6 is 23.2 Å². The molecule has 1 N–H and O–H groups in total. The Kier molecular flexibility index (Phi) is 9.10. The number of ether oxygens (including phenoxy) is 2. The molecule has 0 aliphatic heterocycles. The number of nitrogens with one attached hydrogen (secondary N) is 1. The number of nitro groups is 1. The van der Waals surface area contributed by atoms with E-state index in [9.17, 15) is 19.7 Å². The molecule has 172 valence electrons. The minimum Gasteiger partial charge on any atom is -0.490 e.